The summed E-state index contributed by atoms with van der Waals surface area (Å²) in [5.74, 6) is 0.356. The van der Waals surface area contributed by atoms with Gasteiger partial charge in [0.25, 0.3) is 0 Å². The number of rotatable bonds is 1. The number of fused-ring (bicyclic) bond motifs is 1. The van der Waals surface area contributed by atoms with Gasteiger partial charge in [0.2, 0.25) is 10.0 Å². The van der Waals surface area contributed by atoms with Crippen LogP contribution in [0.5, 0.6) is 0 Å². The Morgan fingerprint density at radius 1 is 1.60 bits per heavy atom. The van der Waals surface area contributed by atoms with E-state index < -0.39 is 26.9 Å². The second kappa shape index (κ2) is 3.63. The van der Waals surface area contributed by atoms with E-state index in [0.717, 1.165) is 11.3 Å². The minimum Gasteiger partial charge on any atom is -0.388 e. The Labute approximate surface area is 93.4 Å². The number of thiophene rings is 1. The molecule has 84 valence electrons. The Morgan fingerprint density at radius 2 is 2.27 bits per heavy atom. The van der Waals surface area contributed by atoms with Crippen molar-refractivity contribution in [3.63, 3.8) is 0 Å². The Bertz CT molecular complexity index is 518. The van der Waals surface area contributed by atoms with E-state index in [1.165, 1.54) is 6.07 Å². The molecular formula is C7H9NO4S3. The van der Waals surface area contributed by atoms with Gasteiger partial charge >= 0.3 is 0 Å². The van der Waals surface area contributed by atoms with Gasteiger partial charge in [-0.2, -0.15) is 0 Å². The molecule has 2 rings (SSSR count). The summed E-state index contributed by atoms with van der Waals surface area (Å²) in [6, 6.07) is 1.30. The highest BCUT2D eigenvalue weighted by molar-refractivity contribution is 7.91. The van der Waals surface area contributed by atoms with Crippen LogP contribution in [0.1, 0.15) is 17.4 Å². The van der Waals surface area contributed by atoms with Crippen molar-refractivity contribution in [2.24, 2.45) is 5.14 Å². The molecular weight excluding hydrogens is 258 g/mol. The minimum absolute atomic E-state index is 0.0400. The van der Waals surface area contributed by atoms with Crippen LogP contribution in [0.2, 0.25) is 0 Å². The molecule has 1 aliphatic rings. The molecule has 2 heterocycles. The van der Waals surface area contributed by atoms with Gasteiger partial charge in [-0.25, -0.2) is 13.6 Å². The highest BCUT2D eigenvalue weighted by atomic mass is 32.2. The Hall–Kier alpha value is -0.280. The third-order valence-corrected chi connectivity index (χ3v) is 6.33. The van der Waals surface area contributed by atoms with Crippen molar-refractivity contribution in [1.82, 2.24) is 0 Å². The van der Waals surface area contributed by atoms with Crippen LogP contribution in [0, 0.1) is 0 Å². The predicted molar refractivity (Wildman–Crippen MR) is 56.5 cm³/mol. The molecule has 8 heteroatoms. The van der Waals surface area contributed by atoms with Crippen molar-refractivity contribution >= 4 is 32.2 Å². The molecule has 3 N–H and O–H groups in total. The summed E-state index contributed by atoms with van der Waals surface area (Å²) in [5.41, 5.74) is 0. The molecule has 15 heavy (non-hydrogen) atoms. The van der Waals surface area contributed by atoms with Crippen molar-refractivity contribution in [1.29, 1.82) is 0 Å². The van der Waals surface area contributed by atoms with Crippen molar-refractivity contribution in [2.75, 3.05) is 5.75 Å². The maximum absolute atomic E-state index is 11.5. The van der Waals surface area contributed by atoms with Crippen LogP contribution in [0.25, 0.3) is 0 Å². The van der Waals surface area contributed by atoms with E-state index in [1.54, 1.807) is 0 Å². The second-order valence-corrected chi connectivity index (χ2v) is 7.60. The predicted octanol–water partition coefficient (Wildman–Crippen LogP) is -0.0598. The molecule has 0 bridgehead atoms. The summed E-state index contributed by atoms with van der Waals surface area (Å²) in [6.45, 7) is 0. The molecule has 1 aromatic rings. The maximum Gasteiger partial charge on any atom is 0.247 e. The van der Waals surface area contributed by atoms with Gasteiger partial charge in [0.1, 0.15) is 4.21 Å². The number of aliphatic hydroxyl groups excluding tert-OH is 1. The average molecular weight is 267 g/mol. The van der Waals surface area contributed by atoms with Crippen LogP contribution >= 0.6 is 11.3 Å². The Kier molecular flexibility index (Phi) is 2.72. The van der Waals surface area contributed by atoms with Crippen molar-refractivity contribution in [3.8, 4) is 0 Å². The smallest absolute Gasteiger partial charge is 0.247 e. The largest absolute Gasteiger partial charge is 0.388 e. The zero-order valence-corrected chi connectivity index (χ0v) is 9.99. The van der Waals surface area contributed by atoms with Crippen LogP contribution in [-0.2, 0) is 20.8 Å². The molecule has 1 aromatic heterocycles. The molecule has 0 radical (unpaired) electrons. The van der Waals surface area contributed by atoms with Crippen molar-refractivity contribution in [2.45, 2.75) is 21.6 Å². The van der Waals surface area contributed by atoms with Crippen LogP contribution in [0.3, 0.4) is 0 Å². The lowest BCUT2D eigenvalue weighted by molar-refractivity contribution is 0.173. The number of nitrogens with two attached hydrogens (primary N) is 1. The molecule has 0 aromatic carbocycles. The maximum atomic E-state index is 11.5. The minimum atomic E-state index is -3.77. The molecule has 2 atom stereocenters. The normalized spacial score (nSPS) is 26.3. The molecule has 2 unspecified atom stereocenters. The molecule has 0 spiro atoms. The fourth-order valence-electron chi connectivity index (χ4n) is 1.38. The lowest BCUT2D eigenvalue weighted by Gasteiger charge is -2.15. The monoisotopic (exact) mass is 267 g/mol. The molecule has 0 aliphatic carbocycles. The van der Waals surface area contributed by atoms with E-state index in [4.69, 9.17) is 5.14 Å². The number of aliphatic hydroxyl groups is 1. The first-order valence-electron chi connectivity index (χ1n) is 4.12. The lowest BCUT2D eigenvalue weighted by Crippen LogP contribution is -2.12. The zero-order chi connectivity index (χ0) is 11.2. The zero-order valence-electron chi connectivity index (χ0n) is 7.54. The quantitative estimate of drug-likeness (QED) is 0.745. The molecule has 0 saturated carbocycles. The van der Waals surface area contributed by atoms with E-state index in [0.29, 0.717) is 21.9 Å². The van der Waals surface area contributed by atoms with Gasteiger partial charge in [-0.05, 0) is 12.5 Å². The first-order valence-corrected chi connectivity index (χ1v) is 7.81. The Balaban J connectivity index is 2.60. The number of primary sulfonamides is 1. The van der Waals surface area contributed by atoms with Crippen LogP contribution in [-0.4, -0.2) is 23.5 Å². The Morgan fingerprint density at radius 3 is 2.80 bits per heavy atom. The summed E-state index contributed by atoms with van der Waals surface area (Å²) in [6.07, 6.45) is -0.331. The van der Waals surface area contributed by atoms with E-state index >= 15 is 0 Å². The molecule has 1 aliphatic heterocycles. The van der Waals surface area contributed by atoms with Crippen LogP contribution in [0.4, 0.5) is 0 Å². The fraction of sp³-hybridized carbons (Fsp3) is 0.429. The topological polar surface area (TPSA) is 97.5 Å². The summed E-state index contributed by atoms with van der Waals surface area (Å²) < 4.78 is 33.6. The average Bonchev–Trinajstić information content (AvgIpc) is 2.56. The summed E-state index contributed by atoms with van der Waals surface area (Å²) >= 11 is 0.898. The summed E-state index contributed by atoms with van der Waals surface area (Å²) in [7, 11) is -4.99. The van der Waals surface area contributed by atoms with Crippen molar-refractivity contribution < 1.29 is 17.7 Å². The van der Waals surface area contributed by atoms with E-state index in [1.807, 2.05) is 0 Å². The van der Waals surface area contributed by atoms with Gasteiger partial charge < -0.3 is 5.11 Å². The van der Waals surface area contributed by atoms with Gasteiger partial charge in [0.15, 0.2) is 0 Å². The van der Waals surface area contributed by atoms with E-state index in [-0.39, 0.29) is 4.21 Å². The highest BCUT2D eigenvalue weighted by Gasteiger charge is 2.28. The number of hydrogen-bond donors (Lipinski definition) is 2. The molecule has 0 saturated heterocycles. The van der Waals surface area contributed by atoms with Crippen molar-refractivity contribution in [3.05, 3.63) is 10.9 Å². The van der Waals surface area contributed by atoms with Crippen LogP contribution in [0.15, 0.2) is 15.2 Å². The third-order valence-electron chi connectivity index (χ3n) is 2.11. The second-order valence-electron chi connectivity index (χ2n) is 3.19. The molecule has 5 nitrogen and oxygen atoms in total. The first kappa shape index (κ1) is 11.2. The number of sulfonamides is 1. The standard InChI is InChI=1S/C7H9NO4S3/c8-15(11,12)6-3-5-7(13-6)4(9)1-2-14(5)10/h3-4,9H,1-2H2,(H2,8,11,12). The lowest BCUT2D eigenvalue weighted by atomic mass is 10.2. The SMILES string of the molecule is NS(=O)(=O)c1cc2c(s1)C(O)CCS2=O. The fourth-order valence-corrected chi connectivity index (χ4v) is 5.02. The third kappa shape index (κ3) is 2.00. The van der Waals surface area contributed by atoms with Gasteiger partial charge in [-0.1, -0.05) is 0 Å². The number of hydrogen-bond acceptors (Lipinski definition) is 5. The first-order chi connectivity index (χ1) is 6.89. The van der Waals surface area contributed by atoms with Gasteiger partial charge in [-0.15, -0.1) is 11.3 Å². The molecule has 0 fully saturated rings. The van der Waals surface area contributed by atoms with Gasteiger partial charge in [0, 0.05) is 5.75 Å². The van der Waals surface area contributed by atoms with Gasteiger partial charge in [0.05, 0.1) is 26.7 Å². The highest BCUT2D eigenvalue weighted by Crippen LogP contribution is 2.37. The van der Waals surface area contributed by atoms with E-state index in [2.05, 4.69) is 0 Å². The van der Waals surface area contributed by atoms with E-state index in [9.17, 15) is 17.7 Å². The molecule has 0 amide bonds. The summed E-state index contributed by atoms with van der Waals surface area (Å²) in [4.78, 5) is 0.867. The summed E-state index contributed by atoms with van der Waals surface area (Å²) in [5, 5.41) is 14.6. The van der Waals surface area contributed by atoms with Gasteiger partial charge in [-0.3, -0.25) is 4.21 Å². The van der Waals surface area contributed by atoms with Crippen LogP contribution < -0.4 is 5.14 Å².